The molecule has 1 aromatic rings. The van der Waals surface area contributed by atoms with Crippen molar-refractivity contribution in [2.45, 2.75) is 12.6 Å². The minimum absolute atomic E-state index is 0.235. The molecule has 6 nitrogen and oxygen atoms in total. The molecule has 0 aromatic carbocycles. The molecule has 1 aromatic heterocycles. The SMILES string of the molecule is NCc1noc(C2COCCO2)n1. The molecule has 0 radical (unpaired) electrons. The van der Waals surface area contributed by atoms with Crippen LogP contribution in [0.2, 0.25) is 0 Å². The van der Waals surface area contributed by atoms with E-state index in [1.54, 1.807) is 0 Å². The normalized spacial score (nSPS) is 23.3. The van der Waals surface area contributed by atoms with E-state index >= 15 is 0 Å². The highest BCUT2D eigenvalue weighted by Gasteiger charge is 2.22. The Kier molecular flexibility index (Phi) is 2.53. The van der Waals surface area contributed by atoms with E-state index in [0.29, 0.717) is 31.5 Å². The van der Waals surface area contributed by atoms with Gasteiger partial charge < -0.3 is 19.7 Å². The first-order chi connectivity index (χ1) is 6.40. The van der Waals surface area contributed by atoms with E-state index in [0.717, 1.165) is 0 Å². The number of nitrogens with zero attached hydrogens (tertiary/aromatic N) is 2. The second-order valence-electron chi connectivity index (χ2n) is 2.69. The fourth-order valence-electron chi connectivity index (χ4n) is 1.11. The lowest BCUT2D eigenvalue weighted by Crippen LogP contribution is -2.22. The minimum atomic E-state index is -0.235. The number of ether oxygens (including phenoxy) is 2. The van der Waals surface area contributed by atoms with Gasteiger partial charge in [0.2, 0.25) is 0 Å². The Balaban J connectivity index is 2.05. The molecule has 0 bridgehead atoms. The van der Waals surface area contributed by atoms with Crippen LogP contribution in [0.5, 0.6) is 0 Å². The van der Waals surface area contributed by atoms with Crippen molar-refractivity contribution in [3.8, 4) is 0 Å². The molecular weight excluding hydrogens is 174 g/mol. The third kappa shape index (κ3) is 1.85. The molecule has 72 valence electrons. The van der Waals surface area contributed by atoms with Crippen LogP contribution in [0.1, 0.15) is 17.8 Å². The summed E-state index contributed by atoms with van der Waals surface area (Å²) in [6.45, 7) is 1.92. The van der Waals surface area contributed by atoms with Gasteiger partial charge >= 0.3 is 0 Å². The summed E-state index contributed by atoms with van der Waals surface area (Å²) in [5.74, 6) is 0.935. The fourth-order valence-corrected chi connectivity index (χ4v) is 1.11. The van der Waals surface area contributed by atoms with Crippen molar-refractivity contribution in [1.82, 2.24) is 10.1 Å². The van der Waals surface area contributed by atoms with Crippen LogP contribution in [-0.2, 0) is 16.0 Å². The highest BCUT2D eigenvalue weighted by Crippen LogP contribution is 2.18. The highest BCUT2D eigenvalue weighted by molar-refractivity contribution is 4.90. The molecular formula is C7H11N3O3. The zero-order valence-electron chi connectivity index (χ0n) is 7.10. The summed E-state index contributed by atoms with van der Waals surface area (Å²) in [7, 11) is 0. The van der Waals surface area contributed by atoms with Crippen molar-refractivity contribution in [1.29, 1.82) is 0 Å². The van der Waals surface area contributed by atoms with Gasteiger partial charge in [-0.25, -0.2) is 0 Å². The number of hydrogen-bond acceptors (Lipinski definition) is 6. The van der Waals surface area contributed by atoms with Crippen LogP contribution in [0, 0.1) is 0 Å². The van der Waals surface area contributed by atoms with Crippen LogP contribution in [-0.4, -0.2) is 30.0 Å². The summed E-state index contributed by atoms with van der Waals surface area (Å²) in [5, 5.41) is 3.66. The molecule has 1 atom stereocenters. The molecule has 0 amide bonds. The Labute approximate surface area is 75.0 Å². The molecule has 2 heterocycles. The average Bonchev–Trinajstić information content (AvgIpc) is 2.67. The van der Waals surface area contributed by atoms with Crippen molar-refractivity contribution in [3.63, 3.8) is 0 Å². The van der Waals surface area contributed by atoms with Gasteiger partial charge in [0.05, 0.1) is 26.4 Å². The van der Waals surface area contributed by atoms with E-state index in [4.69, 9.17) is 19.7 Å². The summed E-state index contributed by atoms with van der Waals surface area (Å²) >= 11 is 0. The molecule has 1 fully saturated rings. The predicted molar refractivity (Wildman–Crippen MR) is 41.7 cm³/mol. The van der Waals surface area contributed by atoms with E-state index in [2.05, 4.69) is 10.1 Å². The maximum Gasteiger partial charge on any atom is 0.258 e. The van der Waals surface area contributed by atoms with Crippen molar-refractivity contribution < 1.29 is 14.0 Å². The molecule has 6 heteroatoms. The van der Waals surface area contributed by atoms with Crippen molar-refractivity contribution >= 4 is 0 Å². The smallest absolute Gasteiger partial charge is 0.258 e. The van der Waals surface area contributed by atoms with E-state index in [-0.39, 0.29) is 12.6 Å². The first-order valence-corrected chi connectivity index (χ1v) is 4.12. The van der Waals surface area contributed by atoms with Crippen molar-refractivity contribution in [2.24, 2.45) is 5.73 Å². The van der Waals surface area contributed by atoms with Crippen LogP contribution in [0.15, 0.2) is 4.52 Å². The Bertz CT molecular complexity index is 270. The summed E-state index contributed by atoms with van der Waals surface area (Å²) in [6, 6.07) is 0. The van der Waals surface area contributed by atoms with Gasteiger partial charge in [0.1, 0.15) is 0 Å². The lowest BCUT2D eigenvalue weighted by atomic mass is 10.3. The predicted octanol–water partition coefficient (Wildman–Crippen LogP) is -0.384. The van der Waals surface area contributed by atoms with Crippen LogP contribution in [0.4, 0.5) is 0 Å². The van der Waals surface area contributed by atoms with Gasteiger partial charge in [0, 0.05) is 0 Å². The third-order valence-corrected chi connectivity index (χ3v) is 1.76. The Morgan fingerprint density at radius 2 is 2.38 bits per heavy atom. The van der Waals surface area contributed by atoms with E-state index in [1.165, 1.54) is 0 Å². The lowest BCUT2D eigenvalue weighted by Gasteiger charge is -2.19. The minimum Gasteiger partial charge on any atom is -0.376 e. The number of aromatic nitrogens is 2. The first-order valence-electron chi connectivity index (χ1n) is 4.12. The molecule has 1 aliphatic rings. The van der Waals surface area contributed by atoms with Gasteiger partial charge in [-0.2, -0.15) is 4.98 Å². The largest absolute Gasteiger partial charge is 0.376 e. The van der Waals surface area contributed by atoms with E-state index < -0.39 is 0 Å². The molecule has 1 aliphatic heterocycles. The standard InChI is InChI=1S/C7H11N3O3/c8-3-6-9-7(13-10-6)5-4-11-1-2-12-5/h5H,1-4,8H2. The number of hydrogen-bond donors (Lipinski definition) is 1. The molecule has 2 rings (SSSR count). The molecule has 0 saturated carbocycles. The molecule has 0 aliphatic carbocycles. The third-order valence-electron chi connectivity index (χ3n) is 1.76. The van der Waals surface area contributed by atoms with Crippen LogP contribution >= 0.6 is 0 Å². The van der Waals surface area contributed by atoms with Gasteiger partial charge in [-0.05, 0) is 0 Å². The van der Waals surface area contributed by atoms with E-state index in [1.807, 2.05) is 0 Å². The second kappa shape index (κ2) is 3.82. The Morgan fingerprint density at radius 3 is 3.00 bits per heavy atom. The number of rotatable bonds is 2. The molecule has 2 N–H and O–H groups in total. The van der Waals surface area contributed by atoms with Crippen LogP contribution in [0.3, 0.4) is 0 Å². The molecule has 1 unspecified atom stereocenters. The van der Waals surface area contributed by atoms with Crippen molar-refractivity contribution in [3.05, 3.63) is 11.7 Å². The van der Waals surface area contributed by atoms with Gasteiger partial charge in [0.25, 0.3) is 5.89 Å². The van der Waals surface area contributed by atoms with Crippen LogP contribution in [0.25, 0.3) is 0 Å². The second-order valence-corrected chi connectivity index (χ2v) is 2.69. The average molecular weight is 185 g/mol. The zero-order chi connectivity index (χ0) is 9.10. The lowest BCUT2D eigenvalue weighted by molar-refractivity contribution is -0.101. The van der Waals surface area contributed by atoms with Crippen molar-refractivity contribution in [2.75, 3.05) is 19.8 Å². The van der Waals surface area contributed by atoms with Crippen LogP contribution < -0.4 is 5.73 Å². The van der Waals surface area contributed by atoms with Gasteiger partial charge in [-0.15, -0.1) is 0 Å². The highest BCUT2D eigenvalue weighted by atomic mass is 16.6. The van der Waals surface area contributed by atoms with Gasteiger partial charge in [-0.3, -0.25) is 0 Å². The Morgan fingerprint density at radius 1 is 1.46 bits per heavy atom. The van der Waals surface area contributed by atoms with Gasteiger partial charge in [-0.1, -0.05) is 5.16 Å². The molecule has 13 heavy (non-hydrogen) atoms. The zero-order valence-corrected chi connectivity index (χ0v) is 7.10. The summed E-state index contributed by atoms with van der Waals surface area (Å²) in [4.78, 5) is 4.04. The maximum absolute atomic E-state index is 5.36. The summed E-state index contributed by atoms with van der Waals surface area (Å²) in [5.41, 5.74) is 5.34. The summed E-state index contributed by atoms with van der Waals surface area (Å²) < 4.78 is 15.5. The Hall–Kier alpha value is -0.980. The fraction of sp³-hybridized carbons (Fsp3) is 0.714. The monoisotopic (exact) mass is 185 g/mol. The maximum atomic E-state index is 5.36. The summed E-state index contributed by atoms with van der Waals surface area (Å²) in [6.07, 6.45) is -0.235. The number of nitrogens with two attached hydrogens (primary N) is 1. The quantitative estimate of drug-likeness (QED) is 0.676. The van der Waals surface area contributed by atoms with Gasteiger partial charge in [0.15, 0.2) is 11.9 Å². The molecule has 0 spiro atoms. The topological polar surface area (TPSA) is 83.4 Å². The van der Waals surface area contributed by atoms with E-state index in [9.17, 15) is 0 Å². The first kappa shape index (κ1) is 8.61. The molecule has 1 saturated heterocycles.